The molecule has 0 spiro atoms. The number of rotatable bonds is 6. The van der Waals surface area contributed by atoms with E-state index in [9.17, 15) is 0 Å². The Morgan fingerprint density at radius 2 is 1.02 bits per heavy atom. The molecule has 0 unspecified atom stereocenters. The first kappa shape index (κ1) is 30.3. The van der Waals surface area contributed by atoms with E-state index >= 15 is 4.39 Å². The molecule has 0 aliphatic carbocycles. The summed E-state index contributed by atoms with van der Waals surface area (Å²) in [5.41, 5.74) is 10.3. The Balaban J connectivity index is 1.31. The molecule has 0 amide bonds. The van der Waals surface area contributed by atoms with Gasteiger partial charge in [-0.3, -0.25) is 0 Å². The van der Waals surface area contributed by atoms with Gasteiger partial charge in [-0.1, -0.05) is 139 Å². The molecular formula is C46H31FN4. The lowest BCUT2D eigenvalue weighted by Crippen LogP contribution is -2.03. The number of hydrogen-bond donors (Lipinski definition) is 0. The average molecular weight is 659 g/mol. The van der Waals surface area contributed by atoms with Crippen molar-refractivity contribution in [1.29, 1.82) is 0 Å². The molecule has 0 saturated carbocycles. The summed E-state index contributed by atoms with van der Waals surface area (Å²) in [5, 5.41) is 2.31. The van der Waals surface area contributed by atoms with Crippen molar-refractivity contribution in [1.82, 2.24) is 19.5 Å². The summed E-state index contributed by atoms with van der Waals surface area (Å²) >= 11 is 0. The number of nitrogens with zero attached hydrogens (tertiary/aromatic N) is 4. The number of hydrogen-bond acceptors (Lipinski definition) is 3. The molecule has 9 aromatic rings. The fourth-order valence-electron chi connectivity index (χ4n) is 6.96. The molecular weight excluding hydrogens is 628 g/mol. The van der Waals surface area contributed by atoms with Gasteiger partial charge >= 0.3 is 0 Å². The summed E-state index contributed by atoms with van der Waals surface area (Å²) in [4.78, 5) is 15.0. The highest BCUT2D eigenvalue weighted by molar-refractivity contribution is 6.10. The third-order valence-corrected chi connectivity index (χ3v) is 9.39. The third-order valence-electron chi connectivity index (χ3n) is 9.39. The Morgan fingerprint density at radius 3 is 1.75 bits per heavy atom. The van der Waals surface area contributed by atoms with E-state index < -0.39 is 0 Å². The predicted octanol–water partition coefficient (Wildman–Crippen LogP) is 11.8. The maximum atomic E-state index is 15.6. The van der Waals surface area contributed by atoms with Crippen LogP contribution in [0.1, 0.15) is 5.56 Å². The van der Waals surface area contributed by atoms with Crippen molar-refractivity contribution >= 4 is 21.8 Å². The lowest BCUT2D eigenvalue weighted by atomic mass is 9.97. The zero-order valence-corrected chi connectivity index (χ0v) is 27.8. The second-order valence-electron chi connectivity index (χ2n) is 12.7. The molecule has 0 aliphatic heterocycles. The summed E-state index contributed by atoms with van der Waals surface area (Å²) in [6.07, 6.45) is 0. The molecule has 242 valence electrons. The Morgan fingerprint density at radius 1 is 0.412 bits per heavy atom. The first-order valence-electron chi connectivity index (χ1n) is 17.0. The molecule has 2 aromatic heterocycles. The molecule has 0 bridgehead atoms. The Kier molecular flexibility index (Phi) is 7.51. The number of aryl methyl sites for hydroxylation is 1. The van der Waals surface area contributed by atoms with E-state index in [2.05, 4.69) is 90.4 Å². The fourth-order valence-corrected chi connectivity index (χ4v) is 6.96. The van der Waals surface area contributed by atoms with Crippen LogP contribution in [0.3, 0.4) is 0 Å². The molecule has 0 saturated heterocycles. The van der Waals surface area contributed by atoms with Gasteiger partial charge in [0.25, 0.3) is 0 Å². The highest BCUT2D eigenvalue weighted by Crippen LogP contribution is 2.39. The van der Waals surface area contributed by atoms with E-state index in [1.165, 1.54) is 17.2 Å². The molecule has 0 fully saturated rings. The van der Waals surface area contributed by atoms with E-state index in [-0.39, 0.29) is 5.82 Å². The van der Waals surface area contributed by atoms with Crippen LogP contribution in [0.15, 0.2) is 170 Å². The van der Waals surface area contributed by atoms with Gasteiger partial charge in [-0.2, -0.15) is 0 Å². The van der Waals surface area contributed by atoms with E-state index in [0.29, 0.717) is 34.2 Å². The van der Waals surface area contributed by atoms with E-state index in [4.69, 9.17) is 15.0 Å². The first-order valence-corrected chi connectivity index (χ1v) is 17.0. The van der Waals surface area contributed by atoms with Gasteiger partial charge in [0.2, 0.25) is 0 Å². The zero-order chi connectivity index (χ0) is 34.3. The molecule has 51 heavy (non-hydrogen) atoms. The lowest BCUT2D eigenvalue weighted by molar-refractivity contribution is 0.631. The Hall–Kier alpha value is -6.72. The topological polar surface area (TPSA) is 43.6 Å². The smallest absolute Gasteiger partial charge is 0.164 e. The van der Waals surface area contributed by atoms with Crippen molar-refractivity contribution in [2.45, 2.75) is 6.92 Å². The van der Waals surface area contributed by atoms with Crippen LogP contribution < -0.4 is 0 Å². The standard InChI is InChI=1S/C46H31FN4/c1-30-13-12-18-33(27-30)34-23-26-43-39(28-34)38-20-9-11-22-42(38)51(43)35-24-25-36(37-19-8-10-21-41(37)47)40(29-35)46-49-44(31-14-4-2-5-15-31)48-45(50-46)32-16-6-3-7-17-32/h2-29H,1H3. The SMILES string of the molecule is Cc1cccc(-c2ccc3c(c2)c2ccccc2n3-c2ccc(-c3ccccc3F)c(-c3nc(-c4ccccc4)nc(-c4ccccc4)n3)c2)c1. The molecule has 0 aliphatic rings. The molecule has 9 rings (SSSR count). The van der Waals surface area contributed by atoms with E-state index in [1.54, 1.807) is 12.1 Å². The maximum Gasteiger partial charge on any atom is 0.164 e. The lowest BCUT2D eigenvalue weighted by Gasteiger charge is -2.16. The first-order chi connectivity index (χ1) is 25.1. The minimum Gasteiger partial charge on any atom is -0.309 e. The maximum absolute atomic E-state index is 15.6. The number of fused-ring (bicyclic) bond motifs is 3. The second-order valence-corrected chi connectivity index (χ2v) is 12.7. The van der Waals surface area contributed by atoms with Gasteiger partial charge in [0, 0.05) is 38.7 Å². The normalized spacial score (nSPS) is 11.3. The molecule has 5 heteroatoms. The van der Waals surface area contributed by atoms with Gasteiger partial charge in [-0.25, -0.2) is 19.3 Å². The molecule has 7 aromatic carbocycles. The largest absolute Gasteiger partial charge is 0.309 e. The molecule has 4 nitrogen and oxygen atoms in total. The highest BCUT2D eigenvalue weighted by Gasteiger charge is 2.20. The molecule has 0 atom stereocenters. The van der Waals surface area contributed by atoms with Gasteiger partial charge in [-0.15, -0.1) is 0 Å². The van der Waals surface area contributed by atoms with Gasteiger partial charge in [0.05, 0.1) is 11.0 Å². The summed E-state index contributed by atoms with van der Waals surface area (Å²) in [7, 11) is 0. The number of halogens is 1. The Bertz CT molecular complexity index is 2660. The van der Waals surface area contributed by atoms with Crippen molar-refractivity contribution in [3.63, 3.8) is 0 Å². The minimum atomic E-state index is -0.312. The van der Waals surface area contributed by atoms with Crippen LogP contribution in [-0.4, -0.2) is 19.5 Å². The van der Waals surface area contributed by atoms with Crippen molar-refractivity contribution in [2.24, 2.45) is 0 Å². The molecule has 2 heterocycles. The van der Waals surface area contributed by atoms with E-state index in [1.807, 2.05) is 72.8 Å². The van der Waals surface area contributed by atoms with Crippen LogP contribution in [0.4, 0.5) is 4.39 Å². The monoisotopic (exact) mass is 658 g/mol. The quantitative estimate of drug-likeness (QED) is 0.179. The van der Waals surface area contributed by atoms with Crippen molar-refractivity contribution in [2.75, 3.05) is 0 Å². The number of para-hydroxylation sites is 1. The second kappa shape index (κ2) is 12.6. The highest BCUT2D eigenvalue weighted by atomic mass is 19.1. The van der Waals surface area contributed by atoms with Crippen LogP contribution in [0.25, 0.3) is 83.9 Å². The number of aromatic nitrogens is 4. The summed E-state index contributed by atoms with van der Waals surface area (Å²) in [6, 6.07) is 56.5. The van der Waals surface area contributed by atoms with Gasteiger partial charge in [0.15, 0.2) is 17.5 Å². The van der Waals surface area contributed by atoms with E-state index in [0.717, 1.165) is 44.2 Å². The van der Waals surface area contributed by atoms with Gasteiger partial charge in [0.1, 0.15) is 5.82 Å². The fraction of sp³-hybridized carbons (Fsp3) is 0.0217. The van der Waals surface area contributed by atoms with Crippen LogP contribution in [0, 0.1) is 12.7 Å². The van der Waals surface area contributed by atoms with Crippen LogP contribution >= 0.6 is 0 Å². The molecule has 0 radical (unpaired) electrons. The van der Waals surface area contributed by atoms with Gasteiger partial charge in [-0.05, 0) is 60.0 Å². The van der Waals surface area contributed by atoms with Crippen LogP contribution in [0.2, 0.25) is 0 Å². The molecule has 0 N–H and O–H groups in total. The third kappa shape index (κ3) is 5.55. The van der Waals surface area contributed by atoms with Crippen LogP contribution in [-0.2, 0) is 0 Å². The summed E-state index contributed by atoms with van der Waals surface area (Å²) in [6.45, 7) is 2.12. The minimum absolute atomic E-state index is 0.312. The van der Waals surface area contributed by atoms with Crippen LogP contribution in [0.5, 0.6) is 0 Å². The Labute approximate surface area is 295 Å². The zero-order valence-electron chi connectivity index (χ0n) is 27.8. The van der Waals surface area contributed by atoms with Crippen molar-refractivity contribution < 1.29 is 4.39 Å². The van der Waals surface area contributed by atoms with Gasteiger partial charge < -0.3 is 4.57 Å². The summed E-state index contributed by atoms with van der Waals surface area (Å²) in [5.74, 6) is 1.24. The van der Waals surface area contributed by atoms with Crippen molar-refractivity contribution in [3.05, 3.63) is 181 Å². The predicted molar refractivity (Wildman–Crippen MR) is 206 cm³/mol. The number of benzene rings is 7. The van der Waals surface area contributed by atoms with Crippen molar-refractivity contribution in [3.8, 4) is 62.1 Å². The summed E-state index contributed by atoms with van der Waals surface area (Å²) < 4.78 is 17.9. The average Bonchev–Trinajstić information content (AvgIpc) is 3.52.